The maximum Gasteiger partial charge on any atom is 0.0666 e. The normalized spacial score (nSPS) is 23.9. The molecule has 0 bridgehead atoms. The molecule has 1 unspecified atom stereocenters. The molecule has 0 aromatic rings. The Morgan fingerprint density at radius 2 is 2.55 bits per heavy atom. The van der Waals surface area contributed by atoms with Crippen molar-refractivity contribution in [2.45, 2.75) is 25.9 Å². The molecule has 0 N–H and O–H groups in total. The minimum Gasteiger partial charge on any atom is -0.377 e. The van der Waals surface area contributed by atoms with Gasteiger partial charge in [0.05, 0.1) is 6.10 Å². The highest BCUT2D eigenvalue weighted by atomic mass is 32.2. The molecule has 0 saturated carbocycles. The molecule has 1 aliphatic heterocycles. The van der Waals surface area contributed by atoms with Gasteiger partial charge in [-0.05, 0) is 19.8 Å². The highest BCUT2D eigenvalue weighted by molar-refractivity contribution is 7.99. The van der Waals surface area contributed by atoms with E-state index in [1.165, 1.54) is 18.4 Å². The van der Waals surface area contributed by atoms with Gasteiger partial charge in [-0.15, -0.1) is 0 Å². The van der Waals surface area contributed by atoms with E-state index in [0.29, 0.717) is 6.10 Å². The standard InChI is InChI=1S/C9H16OS/c1-8(2)6-11-7-9-4-3-5-10-9/h9H,1,3-7H2,2H3. The van der Waals surface area contributed by atoms with Gasteiger partial charge in [-0.2, -0.15) is 11.8 Å². The second-order valence-electron chi connectivity index (χ2n) is 3.11. The summed E-state index contributed by atoms with van der Waals surface area (Å²) < 4.78 is 5.48. The van der Waals surface area contributed by atoms with Crippen LogP contribution < -0.4 is 0 Å². The molecule has 11 heavy (non-hydrogen) atoms. The van der Waals surface area contributed by atoms with E-state index < -0.39 is 0 Å². The molecule has 1 saturated heterocycles. The van der Waals surface area contributed by atoms with E-state index in [-0.39, 0.29) is 0 Å². The maximum absolute atomic E-state index is 5.48. The zero-order valence-electron chi connectivity index (χ0n) is 7.14. The Bertz CT molecular complexity index is 128. The van der Waals surface area contributed by atoms with Crippen LogP contribution in [0.3, 0.4) is 0 Å². The van der Waals surface area contributed by atoms with Crippen LogP contribution in [0.4, 0.5) is 0 Å². The summed E-state index contributed by atoms with van der Waals surface area (Å²) in [5.74, 6) is 2.23. The number of rotatable bonds is 4. The fourth-order valence-electron chi connectivity index (χ4n) is 1.14. The van der Waals surface area contributed by atoms with Crippen LogP contribution in [0, 0.1) is 0 Å². The van der Waals surface area contributed by atoms with E-state index in [9.17, 15) is 0 Å². The summed E-state index contributed by atoms with van der Waals surface area (Å²) in [7, 11) is 0. The predicted molar refractivity (Wildman–Crippen MR) is 51.1 cm³/mol. The van der Waals surface area contributed by atoms with Crippen molar-refractivity contribution in [3.8, 4) is 0 Å². The van der Waals surface area contributed by atoms with Crippen molar-refractivity contribution in [2.75, 3.05) is 18.1 Å². The summed E-state index contributed by atoms with van der Waals surface area (Å²) in [6.45, 7) is 6.90. The molecule has 0 aromatic carbocycles. The number of ether oxygens (including phenoxy) is 1. The first kappa shape index (κ1) is 9.14. The largest absolute Gasteiger partial charge is 0.377 e. The Kier molecular flexibility index (Phi) is 4.02. The molecule has 0 aliphatic carbocycles. The van der Waals surface area contributed by atoms with Crippen molar-refractivity contribution in [3.63, 3.8) is 0 Å². The molecule has 1 atom stereocenters. The average Bonchev–Trinajstić information content (AvgIpc) is 2.39. The highest BCUT2D eigenvalue weighted by Gasteiger charge is 2.14. The number of thioether (sulfide) groups is 1. The van der Waals surface area contributed by atoms with Crippen LogP contribution in [-0.4, -0.2) is 24.2 Å². The van der Waals surface area contributed by atoms with Crippen LogP contribution in [0.1, 0.15) is 19.8 Å². The van der Waals surface area contributed by atoms with E-state index in [4.69, 9.17) is 4.74 Å². The van der Waals surface area contributed by atoms with Gasteiger partial charge in [0, 0.05) is 18.1 Å². The summed E-state index contributed by atoms with van der Waals surface area (Å²) in [6, 6.07) is 0. The van der Waals surface area contributed by atoms with Gasteiger partial charge < -0.3 is 4.74 Å². The third kappa shape index (κ3) is 3.82. The SMILES string of the molecule is C=C(C)CSCC1CCCO1. The van der Waals surface area contributed by atoms with Crippen LogP contribution >= 0.6 is 11.8 Å². The highest BCUT2D eigenvalue weighted by Crippen LogP contribution is 2.17. The molecule has 1 fully saturated rings. The number of hydrogen-bond acceptors (Lipinski definition) is 2. The van der Waals surface area contributed by atoms with Crippen LogP contribution in [0.25, 0.3) is 0 Å². The lowest BCUT2D eigenvalue weighted by Crippen LogP contribution is -2.08. The van der Waals surface area contributed by atoms with E-state index in [0.717, 1.165) is 18.1 Å². The van der Waals surface area contributed by atoms with Gasteiger partial charge in [-0.3, -0.25) is 0 Å². The van der Waals surface area contributed by atoms with Gasteiger partial charge in [-0.1, -0.05) is 12.2 Å². The molecule has 2 heteroatoms. The summed E-state index contributed by atoms with van der Waals surface area (Å²) in [5.41, 5.74) is 1.26. The fraction of sp³-hybridized carbons (Fsp3) is 0.778. The molecular weight excluding hydrogens is 156 g/mol. The van der Waals surface area contributed by atoms with E-state index in [1.807, 2.05) is 11.8 Å². The first-order valence-corrected chi connectivity index (χ1v) is 5.28. The molecule has 0 spiro atoms. The number of hydrogen-bond donors (Lipinski definition) is 0. The Labute approximate surface area is 73.2 Å². The van der Waals surface area contributed by atoms with Crippen LogP contribution in [0.15, 0.2) is 12.2 Å². The van der Waals surface area contributed by atoms with Gasteiger partial charge in [-0.25, -0.2) is 0 Å². The lowest BCUT2D eigenvalue weighted by atomic mass is 10.3. The summed E-state index contributed by atoms with van der Waals surface area (Å²) in [6.07, 6.45) is 3.03. The van der Waals surface area contributed by atoms with Crippen molar-refractivity contribution in [3.05, 3.63) is 12.2 Å². The average molecular weight is 172 g/mol. The van der Waals surface area contributed by atoms with Crippen LogP contribution in [-0.2, 0) is 4.74 Å². The molecule has 64 valence electrons. The minimum atomic E-state index is 0.527. The molecule has 0 aromatic heterocycles. The smallest absolute Gasteiger partial charge is 0.0666 e. The zero-order valence-corrected chi connectivity index (χ0v) is 7.95. The summed E-state index contributed by atoms with van der Waals surface area (Å²) in [5, 5.41) is 0. The molecule has 1 rings (SSSR count). The predicted octanol–water partition coefficient (Wildman–Crippen LogP) is 2.47. The topological polar surface area (TPSA) is 9.23 Å². The molecule has 1 heterocycles. The van der Waals surface area contributed by atoms with Crippen molar-refractivity contribution >= 4 is 11.8 Å². The Morgan fingerprint density at radius 1 is 1.73 bits per heavy atom. The van der Waals surface area contributed by atoms with Gasteiger partial charge in [0.15, 0.2) is 0 Å². The fourth-order valence-corrected chi connectivity index (χ4v) is 2.13. The van der Waals surface area contributed by atoms with Gasteiger partial charge in [0.25, 0.3) is 0 Å². The molecule has 1 nitrogen and oxygen atoms in total. The first-order valence-electron chi connectivity index (χ1n) is 4.13. The Morgan fingerprint density at radius 3 is 3.09 bits per heavy atom. The van der Waals surface area contributed by atoms with Gasteiger partial charge >= 0.3 is 0 Å². The zero-order chi connectivity index (χ0) is 8.10. The third-order valence-electron chi connectivity index (χ3n) is 1.68. The van der Waals surface area contributed by atoms with E-state index >= 15 is 0 Å². The molecule has 1 aliphatic rings. The summed E-state index contributed by atoms with van der Waals surface area (Å²) >= 11 is 1.93. The maximum atomic E-state index is 5.48. The van der Waals surface area contributed by atoms with Crippen molar-refractivity contribution in [1.82, 2.24) is 0 Å². The van der Waals surface area contributed by atoms with Crippen LogP contribution in [0.2, 0.25) is 0 Å². The Hall–Kier alpha value is 0.0500. The minimum absolute atomic E-state index is 0.527. The quantitative estimate of drug-likeness (QED) is 0.602. The monoisotopic (exact) mass is 172 g/mol. The van der Waals surface area contributed by atoms with Crippen molar-refractivity contribution < 1.29 is 4.74 Å². The molecular formula is C9H16OS. The van der Waals surface area contributed by atoms with Crippen LogP contribution in [0.5, 0.6) is 0 Å². The second-order valence-corrected chi connectivity index (χ2v) is 4.14. The van der Waals surface area contributed by atoms with E-state index in [1.54, 1.807) is 0 Å². The molecule has 0 radical (unpaired) electrons. The summed E-state index contributed by atoms with van der Waals surface area (Å²) in [4.78, 5) is 0. The molecule has 0 amide bonds. The lowest BCUT2D eigenvalue weighted by molar-refractivity contribution is 0.129. The van der Waals surface area contributed by atoms with Crippen molar-refractivity contribution in [1.29, 1.82) is 0 Å². The van der Waals surface area contributed by atoms with Gasteiger partial charge in [0.1, 0.15) is 0 Å². The first-order chi connectivity index (χ1) is 5.29. The van der Waals surface area contributed by atoms with Crippen molar-refractivity contribution in [2.24, 2.45) is 0 Å². The van der Waals surface area contributed by atoms with Gasteiger partial charge in [0.2, 0.25) is 0 Å². The third-order valence-corrected chi connectivity index (χ3v) is 2.98. The lowest BCUT2D eigenvalue weighted by Gasteiger charge is -2.07. The second kappa shape index (κ2) is 4.83. The van der Waals surface area contributed by atoms with E-state index in [2.05, 4.69) is 13.5 Å². The Balaban J connectivity index is 1.98.